The molecule has 0 radical (unpaired) electrons. The molecule has 0 saturated heterocycles. The minimum Gasteiger partial charge on any atom is -0.490 e. The topological polar surface area (TPSA) is 55.3 Å². The number of rotatable bonds is 1. The molecule has 1 aromatic carbocycles. The maximum atomic E-state index is 12.4. The number of para-hydroxylation sites is 2. The Balaban J connectivity index is 1.95. The van der Waals surface area contributed by atoms with E-state index in [0.717, 1.165) is 5.69 Å². The molecule has 0 saturated carbocycles. The summed E-state index contributed by atoms with van der Waals surface area (Å²) in [6.07, 6.45) is 0. The average Bonchev–Trinajstić information content (AvgIpc) is 2.47. The van der Waals surface area contributed by atoms with Gasteiger partial charge in [0, 0.05) is 0 Å². The van der Waals surface area contributed by atoms with E-state index in [-0.39, 0.29) is 16.8 Å². The summed E-state index contributed by atoms with van der Waals surface area (Å²) in [6, 6.07) is 10.5. The highest BCUT2D eigenvalue weighted by Crippen LogP contribution is 2.31. The van der Waals surface area contributed by atoms with Crippen LogP contribution < -0.4 is 9.64 Å². The van der Waals surface area contributed by atoms with Crippen molar-refractivity contribution in [3.05, 3.63) is 47.2 Å². The van der Waals surface area contributed by atoms with E-state index in [2.05, 4.69) is 10.2 Å². The molecule has 0 atom stereocenters. The van der Waals surface area contributed by atoms with Crippen LogP contribution in [0.25, 0.3) is 0 Å². The molecule has 5 nitrogen and oxygen atoms in total. The molecule has 0 bridgehead atoms. The second-order valence-electron chi connectivity index (χ2n) is 4.01. The minimum atomic E-state index is -0.208. The Hall–Kier alpha value is -2.14. The van der Waals surface area contributed by atoms with Gasteiger partial charge in [0.2, 0.25) is 0 Å². The van der Waals surface area contributed by atoms with Crippen LogP contribution in [0.2, 0.25) is 5.15 Å². The lowest BCUT2D eigenvalue weighted by atomic mass is 10.2. The molecule has 1 aromatic heterocycles. The average molecular weight is 276 g/mol. The lowest BCUT2D eigenvalue weighted by molar-refractivity contribution is 0.0971. The molecular weight excluding hydrogens is 266 g/mol. The number of anilines is 1. The van der Waals surface area contributed by atoms with Crippen LogP contribution in [0.3, 0.4) is 0 Å². The van der Waals surface area contributed by atoms with Gasteiger partial charge in [-0.3, -0.25) is 4.79 Å². The van der Waals surface area contributed by atoms with Crippen molar-refractivity contribution < 1.29 is 9.53 Å². The zero-order valence-corrected chi connectivity index (χ0v) is 10.7. The van der Waals surface area contributed by atoms with Crippen LogP contribution in [0.15, 0.2) is 36.4 Å². The summed E-state index contributed by atoms with van der Waals surface area (Å²) < 4.78 is 5.51. The van der Waals surface area contributed by atoms with Gasteiger partial charge in [0.25, 0.3) is 5.91 Å². The van der Waals surface area contributed by atoms with Gasteiger partial charge in [-0.2, -0.15) is 0 Å². The molecule has 1 aliphatic rings. The lowest BCUT2D eigenvalue weighted by Crippen LogP contribution is -2.38. The number of carbonyl (C=O) groups excluding carboxylic acids is 1. The number of halogens is 1. The highest BCUT2D eigenvalue weighted by molar-refractivity contribution is 6.29. The summed E-state index contributed by atoms with van der Waals surface area (Å²) in [5.41, 5.74) is 1.01. The Labute approximate surface area is 114 Å². The first-order valence-electron chi connectivity index (χ1n) is 5.78. The van der Waals surface area contributed by atoms with Crippen molar-refractivity contribution >= 4 is 23.2 Å². The molecule has 6 heteroatoms. The number of ether oxygens (including phenoxy) is 1. The molecule has 1 amide bonds. The summed E-state index contributed by atoms with van der Waals surface area (Å²) in [6.45, 7) is 0.948. The third-order valence-corrected chi connectivity index (χ3v) is 3.03. The molecule has 1 aliphatic heterocycles. The van der Waals surface area contributed by atoms with Gasteiger partial charge in [0.15, 0.2) is 10.8 Å². The lowest BCUT2D eigenvalue weighted by Gasteiger charge is -2.29. The van der Waals surface area contributed by atoms with Crippen molar-refractivity contribution in [2.45, 2.75) is 0 Å². The fraction of sp³-hybridized carbons (Fsp3) is 0.154. The van der Waals surface area contributed by atoms with E-state index >= 15 is 0 Å². The van der Waals surface area contributed by atoms with Gasteiger partial charge in [-0.1, -0.05) is 23.7 Å². The predicted molar refractivity (Wildman–Crippen MR) is 70.7 cm³/mol. The monoisotopic (exact) mass is 275 g/mol. The maximum absolute atomic E-state index is 12.4. The largest absolute Gasteiger partial charge is 0.490 e. The SMILES string of the molecule is O=C(c1ccc(Cl)nn1)N1CCOc2ccccc21. The van der Waals surface area contributed by atoms with Gasteiger partial charge in [-0.05, 0) is 24.3 Å². The smallest absolute Gasteiger partial charge is 0.279 e. The maximum Gasteiger partial charge on any atom is 0.279 e. The van der Waals surface area contributed by atoms with Crippen LogP contribution >= 0.6 is 11.6 Å². The van der Waals surface area contributed by atoms with E-state index in [1.807, 2.05) is 24.3 Å². The predicted octanol–water partition coefficient (Wildman–Crippen LogP) is 2.17. The molecule has 96 valence electrons. The van der Waals surface area contributed by atoms with Crippen molar-refractivity contribution in [1.29, 1.82) is 0 Å². The van der Waals surface area contributed by atoms with Crippen LogP contribution in [0.1, 0.15) is 10.5 Å². The van der Waals surface area contributed by atoms with Crippen LogP contribution in [0.4, 0.5) is 5.69 Å². The number of amides is 1. The first-order chi connectivity index (χ1) is 9.25. The van der Waals surface area contributed by atoms with Crippen LogP contribution in [-0.2, 0) is 0 Å². The Kier molecular flexibility index (Phi) is 3.05. The van der Waals surface area contributed by atoms with Crippen molar-refractivity contribution in [3.8, 4) is 5.75 Å². The first kappa shape index (κ1) is 11.9. The second kappa shape index (κ2) is 4.85. The minimum absolute atomic E-state index is 0.208. The highest BCUT2D eigenvalue weighted by Gasteiger charge is 2.25. The Bertz CT molecular complexity index is 616. The summed E-state index contributed by atoms with van der Waals surface area (Å²) in [5, 5.41) is 7.76. The third kappa shape index (κ3) is 2.24. The van der Waals surface area contributed by atoms with E-state index in [9.17, 15) is 4.79 Å². The van der Waals surface area contributed by atoms with Crippen molar-refractivity contribution in [2.24, 2.45) is 0 Å². The fourth-order valence-corrected chi connectivity index (χ4v) is 2.05. The number of hydrogen-bond acceptors (Lipinski definition) is 4. The van der Waals surface area contributed by atoms with Crippen LogP contribution in [0, 0.1) is 0 Å². The van der Waals surface area contributed by atoms with Gasteiger partial charge in [0.1, 0.15) is 12.4 Å². The molecular formula is C13H10ClN3O2. The molecule has 2 aromatic rings. The summed E-state index contributed by atoms with van der Waals surface area (Å²) in [4.78, 5) is 14.0. The highest BCUT2D eigenvalue weighted by atomic mass is 35.5. The molecule has 0 N–H and O–H groups in total. The Morgan fingerprint density at radius 2 is 2.05 bits per heavy atom. The quantitative estimate of drug-likeness (QED) is 0.800. The standard InChI is InChI=1S/C13H10ClN3O2/c14-12-6-5-9(15-16-12)13(18)17-7-8-19-11-4-2-1-3-10(11)17/h1-6H,7-8H2. The normalized spacial score (nSPS) is 13.6. The number of nitrogens with zero attached hydrogens (tertiary/aromatic N) is 3. The van der Waals surface area contributed by atoms with Crippen LogP contribution in [-0.4, -0.2) is 29.3 Å². The Morgan fingerprint density at radius 3 is 2.84 bits per heavy atom. The van der Waals surface area contributed by atoms with Crippen molar-refractivity contribution in [1.82, 2.24) is 10.2 Å². The van der Waals surface area contributed by atoms with Crippen molar-refractivity contribution in [3.63, 3.8) is 0 Å². The van der Waals surface area contributed by atoms with E-state index in [4.69, 9.17) is 16.3 Å². The molecule has 0 spiro atoms. The number of benzene rings is 1. The fourth-order valence-electron chi connectivity index (χ4n) is 1.95. The first-order valence-corrected chi connectivity index (χ1v) is 6.16. The van der Waals surface area contributed by atoms with Gasteiger partial charge in [-0.25, -0.2) is 0 Å². The Morgan fingerprint density at radius 1 is 1.21 bits per heavy atom. The van der Waals surface area contributed by atoms with Crippen LogP contribution in [0.5, 0.6) is 5.75 Å². The van der Waals surface area contributed by atoms with Gasteiger partial charge >= 0.3 is 0 Å². The van der Waals surface area contributed by atoms with Gasteiger partial charge in [-0.15, -0.1) is 10.2 Å². The van der Waals surface area contributed by atoms with Gasteiger partial charge in [0.05, 0.1) is 12.2 Å². The van der Waals surface area contributed by atoms with E-state index in [1.54, 1.807) is 17.0 Å². The zero-order chi connectivity index (χ0) is 13.2. The molecule has 2 heterocycles. The summed E-state index contributed by atoms with van der Waals surface area (Å²) in [7, 11) is 0. The number of carbonyl (C=O) groups is 1. The molecule has 19 heavy (non-hydrogen) atoms. The number of aromatic nitrogens is 2. The molecule has 0 fully saturated rings. The van der Waals surface area contributed by atoms with E-state index in [0.29, 0.717) is 18.9 Å². The molecule has 0 unspecified atom stereocenters. The van der Waals surface area contributed by atoms with Gasteiger partial charge < -0.3 is 9.64 Å². The molecule has 3 rings (SSSR count). The third-order valence-electron chi connectivity index (χ3n) is 2.82. The van der Waals surface area contributed by atoms with E-state index < -0.39 is 0 Å². The zero-order valence-electron chi connectivity index (χ0n) is 9.91. The number of hydrogen-bond donors (Lipinski definition) is 0. The number of fused-ring (bicyclic) bond motifs is 1. The summed E-state index contributed by atoms with van der Waals surface area (Å²) in [5.74, 6) is 0.490. The second-order valence-corrected chi connectivity index (χ2v) is 4.40. The van der Waals surface area contributed by atoms with Crippen molar-refractivity contribution in [2.75, 3.05) is 18.1 Å². The molecule has 0 aliphatic carbocycles. The summed E-state index contributed by atoms with van der Waals surface area (Å²) >= 11 is 5.66. The van der Waals surface area contributed by atoms with E-state index in [1.165, 1.54) is 0 Å².